The van der Waals surface area contributed by atoms with Gasteiger partial charge in [0, 0.05) is 36.7 Å². The standard InChI is InChI=1S/C19H16N2O4/c1-11-13-6-17-18(25-10-24-17)7-16(13)20-15-2-4-21(8-14(11)15)19(22)12-3-5-23-9-12/h3,5-7,9H,2,4,8,10H2,1H3. The zero-order chi connectivity index (χ0) is 17.0. The minimum absolute atomic E-state index is 0.00964. The molecule has 2 aromatic heterocycles. The highest BCUT2D eigenvalue weighted by molar-refractivity contribution is 5.94. The van der Waals surface area contributed by atoms with Gasteiger partial charge in [-0.2, -0.15) is 0 Å². The minimum Gasteiger partial charge on any atom is -0.472 e. The third kappa shape index (κ3) is 2.17. The Morgan fingerprint density at radius 1 is 1.24 bits per heavy atom. The summed E-state index contributed by atoms with van der Waals surface area (Å²) < 4.78 is 16.0. The fourth-order valence-electron chi connectivity index (χ4n) is 3.59. The molecule has 0 bridgehead atoms. The molecule has 0 radical (unpaired) electrons. The highest BCUT2D eigenvalue weighted by Crippen LogP contribution is 2.38. The molecule has 6 heteroatoms. The first kappa shape index (κ1) is 14.3. The van der Waals surface area contributed by atoms with Crippen molar-refractivity contribution in [3.05, 3.63) is 53.1 Å². The number of hydrogen-bond donors (Lipinski definition) is 0. The van der Waals surface area contributed by atoms with E-state index < -0.39 is 0 Å². The van der Waals surface area contributed by atoms with Crippen molar-refractivity contribution < 1.29 is 18.7 Å². The number of rotatable bonds is 1. The van der Waals surface area contributed by atoms with Crippen LogP contribution in [0, 0.1) is 6.92 Å². The van der Waals surface area contributed by atoms with Crippen molar-refractivity contribution >= 4 is 16.8 Å². The zero-order valence-corrected chi connectivity index (χ0v) is 13.7. The summed E-state index contributed by atoms with van der Waals surface area (Å²) in [4.78, 5) is 19.3. The molecular formula is C19H16N2O4. The van der Waals surface area contributed by atoms with Crippen LogP contribution in [-0.2, 0) is 13.0 Å². The Bertz CT molecular complexity index is 995. The molecule has 4 heterocycles. The zero-order valence-electron chi connectivity index (χ0n) is 13.7. The molecule has 1 aromatic carbocycles. The van der Waals surface area contributed by atoms with Crippen LogP contribution in [0.1, 0.15) is 27.2 Å². The summed E-state index contributed by atoms with van der Waals surface area (Å²) in [6, 6.07) is 5.62. The van der Waals surface area contributed by atoms with Crippen LogP contribution in [-0.4, -0.2) is 29.1 Å². The maximum absolute atomic E-state index is 12.6. The van der Waals surface area contributed by atoms with Crippen molar-refractivity contribution in [1.29, 1.82) is 0 Å². The summed E-state index contributed by atoms with van der Waals surface area (Å²) in [6.45, 7) is 3.54. The number of carbonyl (C=O) groups excluding carboxylic acids is 1. The van der Waals surface area contributed by atoms with Gasteiger partial charge in [0.25, 0.3) is 5.91 Å². The van der Waals surface area contributed by atoms with Gasteiger partial charge in [0.2, 0.25) is 6.79 Å². The van der Waals surface area contributed by atoms with Gasteiger partial charge in [-0.15, -0.1) is 0 Å². The van der Waals surface area contributed by atoms with Gasteiger partial charge in [-0.25, -0.2) is 0 Å². The van der Waals surface area contributed by atoms with Crippen LogP contribution in [0.25, 0.3) is 10.9 Å². The molecule has 0 aliphatic carbocycles. The molecule has 6 nitrogen and oxygen atoms in total. The Labute approximate surface area is 144 Å². The summed E-state index contributed by atoms with van der Waals surface area (Å²) in [7, 11) is 0. The van der Waals surface area contributed by atoms with Crippen LogP contribution in [0.4, 0.5) is 0 Å². The number of fused-ring (bicyclic) bond motifs is 3. The molecule has 2 aliphatic rings. The second-order valence-electron chi connectivity index (χ2n) is 6.37. The van der Waals surface area contributed by atoms with Crippen LogP contribution in [0.15, 0.2) is 35.1 Å². The number of benzene rings is 1. The number of amides is 1. The van der Waals surface area contributed by atoms with Gasteiger partial charge in [-0.1, -0.05) is 0 Å². The lowest BCUT2D eigenvalue weighted by atomic mass is 9.96. The molecule has 3 aromatic rings. The minimum atomic E-state index is -0.00964. The van der Waals surface area contributed by atoms with Crippen molar-refractivity contribution in [2.24, 2.45) is 0 Å². The number of nitrogens with zero attached hydrogens (tertiary/aromatic N) is 2. The Balaban J connectivity index is 1.57. The highest BCUT2D eigenvalue weighted by atomic mass is 16.7. The molecule has 2 aliphatic heterocycles. The fourth-order valence-corrected chi connectivity index (χ4v) is 3.59. The highest BCUT2D eigenvalue weighted by Gasteiger charge is 2.26. The summed E-state index contributed by atoms with van der Waals surface area (Å²) in [5.41, 5.74) is 4.81. The van der Waals surface area contributed by atoms with Crippen LogP contribution in [0.5, 0.6) is 11.5 Å². The van der Waals surface area contributed by atoms with Gasteiger partial charge in [0.05, 0.1) is 17.3 Å². The normalized spacial score (nSPS) is 15.5. The number of ether oxygens (including phenoxy) is 2. The summed E-state index contributed by atoms with van der Waals surface area (Å²) in [5.74, 6) is 1.48. The van der Waals surface area contributed by atoms with Gasteiger partial charge < -0.3 is 18.8 Å². The third-order valence-electron chi connectivity index (χ3n) is 4.97. The molecule has 0 saturated heterocycles. The van der Waals surface area contributed by atoms with E-state index >= 15 is 0 Å². The first-order valence-corrected chi connectivity index (χ1v) is 8.24. The van der Waals surface area contributed by atoms with E-state index in [9.17, 15) is 4.79 Å². The molecule has 0 saturated carbocycles. The monoisotopic (exact) mass is 336 g/mol. The number of pyridine rings is 1. The topological polar surface area (TPSA) is 64.8 Å². The first-order valence-electron chi connectivity index (χ1n) is 8.24. The Morgan fingerprint density at radius 2 is 2.08 bits per heavy atom. The average molecular weight is 336 g/mol. The van der Waals surface area contributed by atoms with Crippen molar-refractivity contribution in [3.8, 4) is 11.5 Å². The molecule has 5 rings (SSSR count). The van der Waals surface area contributed by atoms with Crippen molar-refractivity contribution in [2.45, 2.75) is 19.9 Å². The lowest BCUT2D eigenvalue weighted by Gasteiger charge is -2.29. The lowest BCUT2D eigenvalue weighted by molar-refractivity contribution is 0.0732. The predicted octanol–water partition coefficient (Wildman–Crippen LogP) is 3.06. The van der Waals surface area contributed by atoms with Crippen LogP contribution < -0.4 is 9.47 Å². The van der Waals surface area contributed by atoms with E-state index in [0.29, 0.717) is 18.7 Å². The van der Waals surface area contributed by atoms with E-state index in [-0.39, 0.29) is 12.7 Å². The molecule has 0 spiro atoms. The largest absolute Gasteiger partial charge is 0.472 e. The van der Waals surface area contributed by atoms with Crippen molar-refractivity contribution in [3.63, 3.8) is 0 Å². The van der Waals surface area contributed by atoms with E-state index in [0.717, 1.165) is 45.6 Å². The second-order valence-corrected chi connectivity index (χ2v) is 6.37. The summed E-state index contributed by atoms with van der Waals surface area (Å²) in [5, 5.41) is 1.04. The fraction of sp³-hybridized carbons (Fsp3) is 0.263. The maximum atomic E-state index is 12.6. The maximum Gasteiger partial charge on any atom is 0.257 e. The van der Waals surface area contributed by atoms with Crippen LogP contribution >= 0.6 is 0 Å². The molecule has 25 heavy (non-hydrogen) atoms. The number of aromatic nitrogens is 1. The summed E-state index contributed by atoms with van der Waals surface area (Å²) >= 11 is 0. The predicted molar refractivity (Wildman–Crippen MR) is 89.8 cm³/mol. The average Bonchev–Trinajstić information content (AvgIpc) is 3.31. The quantitative estimate of drug-likeness (QED) is 0.683. The number of aryl methyl sites for hydroxylation is 1. The number of hydrogen-bond acceptors (Lipinski definition) is 5. The Kier molecular flexibility index (Phi) is 3.00. The van der Waals surface area contributed by atoms with Crippen molar-refractivity contribution in [2.75, 3.05) is 13.3 Å². The van der Waals surface area contributed by atoms with E-state index in [1.54, 1.807) is 6.07 Å². The van der Waals surface area contributed by atoms with E-state index in [4.69, 9.17) is 18.9 Å². The Morgan fingerprint density at radius 3 is 2.88 bits per heavy atom. The molecule has 0 unspecified atom stereocenters. The lowest BCUT2D eigenvalue weighted by Crippen LogP contribution is -2.36. The molecule has 0 fully saturated rings. The second kappa shape index (κ2) is 5.24. The number of furan rings is 1. The molecule has 0 N–H and O–H groups in total. The first-order chi connectivity index (χ1) is 12.2. The van der Waals surface area contributed by atoms with E-state index in [1.165, 1.54) is 12.5 Å². The smallest absolute Gasteiger partial charge is 0.257 e. The molecule has 1 amide bonds. The molecule has 126 valence electrons. The molecule has 0 atom stereocenters. The third-order valence-corrected chi connectivity index (χ3v) is 4.97. The van der Waals surface area contributed by atoms with Crippen molar-refractivity contribution in [1.82, 2.24) is 9.88 Å². The molecular weight excluding hydrogens is 320 g/mol. The van der Waals surface area contributed by atoms with Gasteiger partial charge >= 0.3 is 0 Å². The van der Waals surface area contributed by atoms with Gasteiger partial charge in [0.1, 0.15) is 6.26 Å². The number of carbonyl (C=O) groups is 1. The summed E-state index contributed by atoms with van der Waals surface area (Å²) in [6.07, 6.45) is 3.75. The van der Waals surface area contributed by atoms with Crippen LogP contribution in [0.2, 0.25) is 0 Å². The van der Waals surface area contributed by atoms with Crippen LogP contribution in [0.3, 0.4) is 0 Å². The van der Waals surface area contributed by atoms with Gasteiger partial charge in [-0.3, -0.25) is 9.78 Å². The van der Waals surface area contributed by atoms with E-state index in [1.807, 2.05) is 17.0 Å². The van der Waals surface area contributed by atoms with Gasteiger partial charge in [0.15, 0.2) is 11.5 Å². The van der Waals surface area contributed by atoms with Gasteiger partial charge in [-0.05, 0) is 30.2 Å². The van der Waals surface area contributed by atoms with E-state index in [2.05, 4.69) is 6.92 Å². The Hall–Kier alpha value is -3.02. The SMILES string of the molecule is Cc1c2c(nc3cc4c(cc13)OCO4)CCN(C(=O)c1ccoc1)C2.